The number of benzene rings is 2. The Morgan fingerprint density at radius 1 is 1.10 bits per heavy atom. The van der Waals surface area contributed by atoms with Crippen LogP contribution in [0.4, 0.5) is 14.5 Å². The lowest BCUT2D eigenvalue weighted by Crippen LogP contribution is -2.30. The van der Waals surface area contributed by atoms with E-state index in [0.29, 0.717) is 11.3 Å². The Morgan fingerprint density at radius 2 is 1.79 bits per heavy atom. The first-order chi connectivity index (χ1) is 13.6. The quantitative estimate of drug-likeness (QED) is 0.702. The van der Waals surface area contributed by atoms with Crippen molar-refractivity contribution in [3.8, 4) is 11.5 Å². The molecule has 11 heteroatoms. The Hall–Kier alpha value is -2.92. The molecule has 1 amide bonds. The number of carbonyl (C=O) groups excluding carboxylic acids is 1. The number of nitrogens with zero attached hydrogens (tertiary/aromatic N) is 1. The summed E-state index contributed by atoms with van der Waals surface area (Å²) in [4.78, 5) is 12.2. The molecular weight excluding hydrogens is 408 g/mol. The molecule has 3 rings (SSSR count). The third kappa shape index (κ3) is 4.74. The second-order valence-electron chi connectivity index (χ2n) is 6.35. The van der Waals surface area contributed by atoms with E-state index in [1.54, 1.807) is 18.2 Å². The smallest absolute Gasteiger partial charge is 0.395 e. The van der Waals surface area contributed by atoms with Gasteiger partial charge in [0.1, 0.15) is 0 Å². The van der Waals surface area contributed by atoms with Crippen LogP contribution in [0.5, 0.6) is 11.5 Å². The highest BCUT2D eigenvalue weighted by atomic mass is 32.2. The van der Waals surface area contributed by atoms with Crippen molar-refractivity contribution >= 4 is 21.6 Å². The summed E-state index contributed by atoms with van der Waals surface area (Å²) in [6.45, 7) is -0.143. The van der Waals surface area contributed by atoms with Gasteiger partial charge in [0.2, 0.25) is 15.9 Å². The van der Waals surface area contributed by atoms with Crippen LogP contribution in [-0.4, -0.2) is 45.6 Å². The first-order valence-electron chi connectivity index (χ1n) is 8.49. The highest BCUT2D eigenvalue weighted by molar-refractivity contribution is 7.89. The highest BCUT2D eigenvalue weighted by Crippen LogP contribution is 2.42. The van der Waals surface area contributed by atoms with E-state index >= 15 is 0 Å². The van der Waals surface area contributed by atoms with Crippen molar-refractivity contribution in [1.82, 2.24) is 9.62 Å². The van der Waals surface area contributed by atoms with Crippen molar-refractivity contribution in [1.29, 1.82) is 0 Å². The molecule has 0 radical (unpaired) electrons. The Morgan fingerprint density at radius 3 is 2.52 bits per heavy atom. The molecule has 0 atom stereocenters. The second-order valence-corrected chi connectivity index (χ2v) is 8.47. The summed E-state index contributed by atoms with van der Waals surface area (Å²) in [5, 5.41) is 5.41. The lowest BCUT2D eigenvalue weighted by molar-refractivity contribution is -0.286. The standard InChI is InChI=1S/C18H19F2N3O5S/c1-23(2)29(25,26)16-6-4-3-5-12(16)10-22-17(24)11-21-13-7-8-14-15(9-13)28-18(19,20)27-14/h3-9,21H,10-11H2,1-2H3,(H,22,24). The Labute approximate surface area is 166 Å². The van der Waals surface area contributed by atoms with Crippen LogP contribution in [0.2, 0.25) is 0 Å². The maximum atomic E-state index is 13.0. The van der Waals surface area contributed by atoms with Gasteiger partial charge in [-0.15, -0.1) is 8.78 Å². The summed E-state index contributed by atoms with van der Waals surface area (Å²) in [5.41, 5.74) is 0.829. The fraction of sp³-hybridized carbons (Fsp3) is 0.278. The van der Waals surface area contributed by atoms with Gasteiger partial charge in [0, 0.05) is 32.4 Å². The van der Waals surface area contributed by atoms with Crippen LogP contribution in [0, 0.1) is 0 Å². The van der Waals surface area contributed by atoms with E-state index in [1.807, 2.05) is 0 Å². The van der Waals surface area contributed by atoms with Gasteiger partial charge in [-0.1, -0.05) is 18.2 Å². The summed E-state index contributed by atoms with van der Waals surface area (Å²) in [6, 6.07) is 10.4. The number of halogens is 2. The van der Waals surface area contributed by atoms with Crippen LogP contribution in [-0.2, 0) is 21.4 Å². The molecule has 1 aliphatic rings. The van der Waals surface area contributed by atoms with E-state index in [1.165, 1.54) is 38.4 Å². The van der Waals surface area contributed by atoms with Crippen LogP contribution >= 0.6 is 0 Å². The second kappa shape index (κ2) is 7.84. The van der Waals surface area contributed by atoms with Crippen molar-refractivity contribution in [2.45, 2.75) is 17.7 Å². The number of nitrogens with one attached hydrogen (secondary N) is 2. The predicted octanol–water partition coefficient (Wildman–Crippen LogP) is 1.99. The molecule has 0 saturated heterocycles. The molecular formula is C18H19F2N3O5S. The Bertz CT molecular complexity index is 1030. The van der Waals surface area contributed by atoms with E-state index in [4.69, 9.17) is 0 Å². The molecule has 29 heavy (non-hydrogen) atoms. The van der Waals surface area contributed by atoms with Crippen LogP contribution in [0.1, 0.15) is 5.56 Å². The zero-order chi connectivity index (χ0) is 21.2. The van der Waals surface area contributed by atoms with Gasteiger partial charge in [0.15, 0.2) is 11.5 Å². The van der Waals surface area contributed by atoms with Crippen LogP contribution in [0.25, 0.3) is 0 Å². The van der Waals surface area contributed by atoms with Crippen LogP contribution < -0.4 is 20.1 Å². The minimum atomic E-state index is -3.71. The van der Waals surface area contributed by atoms with Crippen molar-refractivity contribution < 1.29 is 31.5 Å². The molecule has 0 unspecified atom stereocenters. The lowest BCUT2D eigenvalue weighted by atomic mass is 10.2. The van der Waals surface area contributed by atoms with Crippen molar-refractivity contribution in [3.63, 3.8) is 0 Å². The zero-order valence-corrected chi connectivity index (χ0v) is 16.4. The first kappa shape index (κ1) is 20.8. The molecule has 0 bridgehead atoms. The molecule has 156 valence electrons. The van der Waals surface area contributed by atoms with Crippen molar-refractivity contribution in [2.75, 3.05) is 26.0 Å². The van der Waals surface area contributed by atoms with Crippen molar-refractivity contribution in [2.24, 2.45) is 0 Å². The number of hydrogen-bond acceptors (Lipinski definition) is 6. The number of alkyl halides is 2. The Kier molecular flexibility index (Phi) is 5.62. The molecule has 2 aromatic carbocycles. The number of carbonyl (C=O) groups is 1. The molecule has 0 aliphatic carbocycles. The van der Waals surface area contributed by atoms with Gasteiger partial charge >= 0.3 is 6.29 Å². The molecule has 0 spiro atoms. The Balaban J connectivity index is 1.58. The fourth-order valence-corrected chi connectivity index (χ4v) is 3.71. The number of sulfonamides is 1. The molecule has 0 fully saturated rings. The van der Waals surface area contributed by atoms with E-state index in [0.717, 1.165) is 4.31 Å². The normalized spacial score (nSPS) is 14.7. The number of fused-ring (bicyclic) bond motifs is 1. The molecule has 0 aromatic heterocycles. The van der Waals surface area contributed by atoms with Crippen LogP contribution in [0.15, 0.2) is 47.4 Å². The number of anilines is 1. The fourth-order valence-electron chi connectivity index (χ4n) is 2.60. The predicted molar refractivity (Wildman–Crippen MR) is 100 cm³/mol. The average molecular weight is 427 g/mol. The minimum absolute atomic E-state index is 0.0110. The van der Waals surface area contributed by atoms with Gasteiger partial charge in [-0.2, -0.15) is 0 Å². The SMILES string of the molecule is CN(C)S(=O)(=O)c1ccccc1CNC(=O)CNc1ccc2c(c1)OC(F)(F)O2. The zero-order valence-electron chi connectivity index (χ0n) is 15.6. The van der Waals surface area contributed by atoms with Gasteiger partial charge in [-0.25, -0.2) is 12.7 Å². The number of ether oxygens (including phenoxy) is 2. The number of rotatable bonds is 7. The average Bonchev–Trinajstić information content (AvgIpc) is 2.97. The number of amides is 1. The van der Waals surface area contributed by atoms with Crippen LogP contribution in [0.3, 0.4) is 0 Å². The minimum Gasteiger partial charge on any atom is -0.395 e. The molecule has 2 N–H and O–H groups in total. The molecule has 8 nitrogen and oxygen atoms in total. The van der Waals surface area contributed by atoms with Gasteiger partial charge in [0.25, 0.3) is 0 Å². The summed E-state index contributed by atoms with van der Waals surface area (Å²) >= 11 is 0. The molecule has 2 aromatic rings. The molecule has 1 heterocycles. The van der Waals surface area contributed by atoms with Gasteiger partial charge in [0.05, 0.1) is 11.4 Å². The molecule has 1 aliphatic heterocycles. The maximum Gasteiger partial charge on any atom is 0.586 e. The summed E-state index contributed by atoms with van der Waals surface area (Å²) < 4.78 is 60.6. The van der Waals surface area contributed by atoms with Gasteiger partial charge in [-0.3, -0.25) is 4.79 Å². The van der Waals surface area contributed by atoms with E-state index in [9.17, 15) is 22.0 Å². The largest absolute Gasteiger partial charge is 0.586 e. The lowest BCUT2D eigenvalue weighted by Gasteiger charge is -2.15. The van der Waals surface area contributed by atoms with E-state index in [2.05, 4.69) is 20.1 Å². The van der Waals surface area contributed by atoms with Gasteiger partial charge in [-0.05, 0) is 23.8 Å². The van der Waals surface area contributed by atoms with E-state index in [-0.39, 0.29) is 29.5 Å². The van der Waals surface area contributed by atoms with Crippen molar-refractivity contribution in [3.05, 3.63) is 48.0 Å². The highest BCUT2D eigenvalue weighted by Gasteiger charge is 2.43. The summed E-state index contributed by atoms with van der Waals surface area (Å²) in [7, 11) is -0.794. The maximum absolute atomic E-state index is 13.0. The summed E-state index contributed by atoms with van der Waals surface area (Å²) in [5.74, 6) is -0.642. The topological polar surface area (TPSA) is 97.0 Å². The van der Waals surface area contributed by atoms with Gasteiger partial charge < -0.3 is 20.1 Å². The first-order valence-corrected chi connectivity index (χ1v) is 9.93. The molecule has 0 saturated carbocycles. The number of hydrogen-bond donors (Lipinski definition) is 2. The monoisotopic (exact) mass is 427 g/mol. The van der Waals surface area contributed by atoms with E-state index < -0.39 is 22.2 Å². The third-order valence-corrected chi connectivity index (χ3v) is 5.98. The summed E-state index contributed by atoms with van der Waals surface area (Å²) in [6.07, 6.45) is -3.71. The third-order valence-electron chi connectivity index (χ3n) is 4.06.